The van der Waals surface area contributed by atoms with Crippen LogP contribution in [0.15, 0.2) is 45.6 Å². The Bertz CT molecular complexity index is 1130. The number of benzene rings is 2. The maximum absolute atomic E-state index is 13.2. The predicted molar refractivity (Wildman–Crippen MR) is 112 cm³/mol. The fourth-order valence-electron chi connectivity index (χ4n) is 3.20. The van der Waals surface area contributed by atoms with Gasteiger partial charge in [-0.3, -0.25) is 4.79 Å². The second-order valence-corrected chi connectivity index (χ2v) is 6.60. The highest BCUT2D eigenvalue weighted by molar-refractivity contribution is 5.84. The Kier molecular flexibility index (Phi) is 6.30. The molecule has 0 saturated heterocycles. The first-order valence-electron chi connectivity index (χ1n) is 9.52. The largest absolute Gasteiger partial charge is 0.493 e. The third-order valence-corrected chi connectivity index (χ3v) is 4.64. The molecule has 0 amide bonds. The van der Waals surface area contributed by atoms with E-state index in [0.29, 0.717) is 45.1 Å². The first kappa shape index (κ1) is 21.2. The van der Waals surface area contributed by atoms with Crippen molar-refractivity contribution >= 4 is 16.9 Å². The lowest BCUT2D eigenvalue weighted by molar-refractivity contribution is -0.150. The van der Waals surface area contributed by atoms with Gasteiger partial charge in [0.1, 0.15) is 17.1 Å². The van der Waals surface area contributed by atoms with Crippen LogP contribution in [0.25, 0.3) is 22.1 Å². The lowest BCUT2D eigenvalue weighted by atomic mass is 10.0. The molecule has 0 fully saturated rings. The standard InChI is InChI=1S/C23H24O7/c1-6-28-23(25)14(3)29-16-8-9-17-19(12-16)30-13(2)21(22(17)24)15-7-10-18(26-4)20(11-15)27-5/h7-12,14H,6H2,1-5H3. The monoisotopic (exact) mass is 412 g/mol. The molecule has 0 saturated carbocycles. The van der Waals surface area contributed by atoms with Crippen molar-refractivity contribution < 1.29 is 28.2 Å². The van der Waals surface area contributed by atoms with Crippen molar-refractivity contribution in [1.29, 1.82) is 0 Å². The van der Waals surface area contributed by atoms with Crippen LogP contribution in [0.2, 0.25) is 0 Å². The van der Waals surface area contributed by atoms with Gasteiger partial charge in [-0.1, -0.05) is 6.07 Å². The second-order valence-electron chi connectivity index (χ2n) is 6.60. The van der Waals surface area contributed by atoms with E-state index in [1.165, 1.54) is 7.11 Å². The summed E-state index contributed by atoms with van der Waals surface area (Å²) in [6, 6.07) is 10.1. The van der Waals surface area contributed by atoms with Crippen LogP contribution in [-0.2, 0) is 9.53 Å². The minimum absolute atomic E-state index is 0.175. The predicted octanol–water partition coefficient (Wildman–Crippen LogP) is 4.12. The number of methoxy groups -OCH3 is 2. The van der Waals surface area contributed by atoms with Crippen LogP contribution < -0.4 is 19.6 Å². The van der Waals surface area contributed by atoms with Crippen molar-refractivity contribution in [3.05, 3.63) is 52.4 Å². The van der Waals surface area contributed by atoms with E-state index in [0.717, 1.165) is 0 Å². The van der Waals surface area contributed by atoms with Gasteiger partial charge in [0.15, 0.2) is 17.6 Å². The molecule has 0 aliphatic carbocycles. The molecule has 30 heavy (non-hydrogen) atoms. The quantitative estimate of drug-likeness (QED) is 0.540. The lowest BCUT2D eigenvalue weighted by Crippen LogP contribution is -2.26. The molecule has 1 atom stereocenters. The van der Waals surface area contributed by atoms with Crippen LogP contribution in [0, 0.1) is 6.92 Å². The maximum atomic E-state index is 13.2. The van der Waals surface area contributed by atoms with E-state index in [1.54, 1.807) is 64.3 Å². The van der Waals surface area contributed by atoms with Crippen LogP contribution in [0.4, 0.5) is 0 Å². The normalized spacial score (nSPS) is 11.8. The zero-order chi connectivity index (χ0) is 21.8. The maximum Gasteiger partial charge on any atom is 0.347 e. The van der Waals surface area contributed by atoms with Gasteiger partial charge in [-0.15, -0.1) is 0 Å². The molecule has 0 bridgehead atoms. The fraction of sp³-hybridized carbons (Fsp3) is 0.304. The highest BCUT2D eigenvalue weighted by atomic mass is 16.6. The average molecular weight is 412 g/mol. The number of ether oxygens (including phenoxy) is 4. The third-order valence-electron chi connectivity index (χ3n) is 4.64. The van der Waals surface area contributed by atoms with E-state index in [1.807, 2.05) is 0 Å². The Morgan fingerprint density at radius 1 is 1.07 bits per heavy atom. The molecule has 3 rings (SSSR count). The Labute approximate surface area is 174 Å². The molecular weight excluding hydrogens is 388 g/mol. The summed E-state index contributed by atoms with van der Waals surface area (Å²) in [6.07, 6.45) is -0.777. The number of rotatable bonds is 7. The number of hydrogen-bond donors (Lipinski definition) is 0. The second kappa shape index (κ2) is 8.90. The van der Waals surface area contributed by atoms with E-state index in [2.05, 4.69) is 0 Å². The number of carbonyl (C=O) groups excluding carboxylic acids is 1. The molecular formula is C23H24O7. The summed E-state index contributed by atoms with van der Waals surface area (Å²) in [7, 11) is 3.09. The first-order chi connectivity index (χ1) is 14.4. The summed E-state index contributed by atoms with van der Waals surface area (Å²) >= 11 is 0. The number of fused-ring (bicyclic) bond motifs is 1. The van der Waals surface area contributed by atoms with Crippen LogP contribution in [-0.4, -0.2) is 32.9 Å². The highest BCUT2D eigenvalue weighted by Crippen LogP contribution is 2.33. The average Bonchev–Trinajstić information content (AvgIpc) is 2.73. The van der Waals surface area contributed by atoms with Gasteiger partial charge < -0.3 is 23.4 Å². The Morgan fingerprint density at radius 3 is 2.47 bits per heavy atom. The molecule has 7 nitrogen and oxygen atoms in total. The number of aryl methyl sites for hydroxylation is 1. The lowest BCUT2D eigenvalue weighted by Gasteiger charge is -2.14. The minimum atomic E-state index is -0.777. The van der Waals surface area contributed by atoms with Crippen LogP contribution in [0.5, 0.6) is 17.2 Å². The van der Waals surface area contributed by atoms with Gasteiger partial charge in [-0.2, -0.15) is 0 Å². The van der Waals surface area contributed by atoms with Crippen molar-refractivity contribution in [1.82, 2.24) is 0 Å². The fourth-order valence-corrected chi connectivity index (χ4v) is 3.20. The Hall–Kier alpha value is -3.48. The minimum Gasteiger partial charge on any atom is -0.493 e. The van der Waals surface area contributed by atoms with Gasteiger partial charge in [0.25, 0.3) is 0 Å². The molecule has 7 heteroatoms. The van der Waals surface area contributed by atoms with E-state index in [-0.39, 0.29) is 12.0 Å². The van der Waals surface area contributed by atoms with E-state index in [9.17, 15) is 9.59 Å². The molecule has 1 unspecified atom stereocenters. The number of carbonyl (C=O) groups is 1. The van der Waals surface area contributed by atoms with Gasteiger partial charge >= 0.3 is 5.97 Å². The topological polar surface area (TPSA) is 84.2 Å². The molecule has 0 aliphatic heterocycles. The van der Waals surface area contributed by atoms with Crippen molar-refractivity contribution in [2.45, 2.75) is 26.9 Å². The highest BCUT2D eigenvalue weighted by Gasteiger charge is 2.19. The number of esters is 1. The molecule has 1 heterocycles. The van der Waals surface area contributed by atoms with Crippen LogP contribution >= 0.6 is 0 Å². The molecule has 3 aromatic rings. The molecule has 0 N–H and O–H groups in total. The molecule has 0 aliphatic rings. The van der Waals surface area contributed by atoms with Gasteiger partial charge in [-0.25, -0.2) is 4.79 Å². The van der Waals surface area contributed by atoms with Gasteiger partial charge in [0, 0.05) is 6.07 Å². The van der Waals surface area contributed by atoms with E-state index < -0.39 is 12.1 Å². The summed E-state index contributed by atoms with van der Waals surface area (Å²) in [5.74, 6) is 1.49. The SMILES string of the molecule is CCOC(=O)C(C)Oc1ccc2c(=O)c(-c3ccc(OC)c(OC)c3)c(C)oc2c1. The summed E-state index contributed by atoms with van der Waals surface area (Å²) in [6.45, 7) is 5.33. The molecule has 1 aromatic heterocycles. The van der Waals surface area contributed by atoms with Gasteiger partial charge in [0.2, 0.25) is 5.43 Å². The first-order valence-corrected chi connectivity index (χ1v) is 9.52. The third kappa shape index (κ3) is 4.10. The van der Waals surface area contributed by atoms with Gasteiger partial charge in [-0.05, 0) is 50.6 Å². The van der Waals surface area contributed by atoms with E-state index >= 15 is 0 Å². The molecule has 158 valence electrons. The van der Waals surface area contributed by atoms with Crippen molar-refractivity contribution in [2.24, 2.45) is 0 Å². The van der Waals surface area contributed by atoms with Crippen molar-refractivity contribution in [2.75, 3.05) is 20.8 Å². The molecule has 0 radical (unpaired) electrons. The van der Waals surface area contributed by atoms with Crippen LogP contribution in [0.3, 0.4) is 0 Å². The summed E-state index contributed by atoms with van der Waals surface area (Å²) < 4.78 is 27.1. The zero-order valence-electron chi connectivity index (χ0n) is 17.6. The summed E-state index contributed by atoms with van der Waals surface area (Å²) in [5.41, 5.74) is 1.30. The van der Waals surface area contributed by atoms with Crippen molar-refractivity contribution in [3.8, 4) is 28.4 Å². The van der Waals surface area contributed by atoms with Crippen molar-refractivity contribution in [3.63, 3.8) is 0 Å². The van der Waals surface area contributed by atoms with Gasteiger partial charge in [0.05, 0.1) is 31.8 Å². The smallest absolute Gasteiger partial charge is 0.347 e. The Morgan fingerprint density at radius 2 is 1.80 bits per heavy atom. The molecule has 2 aromatic carbocycles. The number of hydrogen-bond acceptors (Lipinski definition) is 7. The summed E-state index contributed by atoms with van der Waals surface area (Å²) in [4.78, 5) is 25.0. The van der Waals surface area contributed by atoms with Crippen LogP contribution in [0.1, 0.15) is 19.6 Å². The zero-order valence-corrected chi connectivity index (χ0v) is 17.6. The van der Waals surface area contributed by atoms with E-state index in [4.69, 9.17) is 23.4 Å². The Balaban J connectivity index is 2.02. The summed E-state index contributed by atoms with van der Waals surface area (Å²) in [5, 5.41) is 0.404. The molecule has 0 spiro atoms.